The van der Waals surface area contributed by atoms with Crippen LogP contribution in [0.1, 0.15) is 28.1 Å². The van der Waals surface area contributed by atoms with Crippen molar-refractivity contribution in [3.63, 3.8) is 0 Å². The van der Waals surface area contributed by atoms with Crippen molar-refractivity contribution < 1.29 is 13.2 Å². The lowest BCUT2D eigenvalue weighted by Crippen LogP contribution is -2.40. The summed E-state index contributed by atoms with van der Waals surface area (Å²) in [7, 11) is -2.91. The second kappa shape index (κ2) is 6.39. The lowest BCUT2D eigenvalue weighted by molar-refractivity contribution is 0.0938. The molecule has 0 atom stereocenters. The van der Waals surface area contributed by atoms with E-state index in [1.54, 1.807) is 11.4 Å². The highest BCUT2D eigenvalue weighted by Crippen LogP contribution is 2.18. The minimum absolute atomic E-state index is 0.0801. The molecule has 2 heterocycles. The Hall–Kier alpha value is -1.36. The van der Waals surface area contributed by atoms with Crippen molar-refractivity contribution in [3.8, 4) is 11.8 Å². The molecule has 1 aliphatic rings. The highest BCUT2D eigenvalue weighted by atomic mass is 32.2. The third-order valence-electron chi connectivity index (χ3n) is 3.09. The minimum Gasteiger partial charge on any atom is -0.349 e. The van der Waals surface area contributed by atoms with E-state index in [-0.39, 0.29) is 30.0 Å². The molecule has 1 saturated heterocycles. The lowest BCUT2D eigenvalue weighted by atomic mass is 10.1. The fourth-order valence-corrected chi connectivity index (χ4v) is 4.26. The summed E-state index contributed by atoms with van der Waals surface area (Å²) in [5.41, 5.74) is 5.99. The summed E-state index contributed by atoms with van der Waals surface area (Å²) in [4.78, 5) is 12.7. The molecule has 0 bridgehead atoms. The van der Waals surface area contributed by atoms with Crippen molar-refractivity contribution in [3.05, 3.63) is 21.9 Å². The molecular formula is C13H16N2O3S2. The maximum atomic E-state index is 12.2. The van der Waals surface area contributed by atoms with Gasteiger partial charge in [0.2, 0.25) is 0 Å². The molecule has 3 N–H and O–H groups in total. The zero-order valence-corrected chi connectivity index (χ0v) is 12.5. The Morgan fingerprint density at radius 1 is 1.45 bits per heavy atom. The van der Waals surface area contributed by atoms with Crippen LogP contribution in [-0.2, 0) is 9.84 Å². The molecule has 5 nitrogen and oxygen atoms in total. The summed E-state index contributed by atoms with van der Waals surface area (Å²) in [6.45, 7) is 0.247. The van der Waals surface area contributed by atoms with E-state index in [2.05, 4.69) is 17.2 Å². The number of nitrogens with two attached hydrogens (primary N) is 1. The molecule has 7 heteroatoms. The summed E-state index contributed by atoms with van der Waals surface area (Å²) < 4.78 is 22.7. The number of nitrogens with one attached hydrogen (secondary N) is 1. The van der Waals surface area contributed by atoms with E-state index in [9.17, 15) is 13.2 Å². The van der Waals surface area contributed by atoms with Gasteiger partial charge in [-0.15, -0.1) is 11.3 Å². The van der Waals surface area contributed by atoms with Crippen molar-refractivity contribution in [1.82, 2.24) is 5.32 Å². The van der Waals surface area contributed by atoms with Crippen molar-refractivity contribution in [2.45, 2.75) is 18.9 Å². The number of carbonyl (C=O) groups is 1. The Labute approximate surface area is 122 Å². The van der Waals surface area contributed by atoms with Crippen LogP contribution in [-0.4, -0.2) is 38.4 Å². The van der Waals surface area contributed by atoms with Crippen molar-refractivity contribution in [1.29, 1.82) is 0 Å². The highest BCUT2D eigenvalue weighted by molar-refractivity contribution is 7.91. The number of sulfone groups is 1. The van der Waals surface area contributed by atoms with Crippen LogP contribution in [0.3, 0.4) is 0 Å². The standard InChI is InChI=1S/C13H16N2O3S2/c14-6-1-2-10-3-7-19-12(10)13(16)15-11-4-8-20(17,18)9-5-11/h3,7,11H,4-6,8-9,14H2,(H,15,16). The van der Waals surface area contributed by atoms with Crippen LogP contribution in [0, 0.1) is 11.8 Å². The van der Waals surface area contributed by atoms with Gasteiger partial charge in [0.25, 0.3) is 5.91 Å². The Morgan fingerprint density at radius 3 is 2.80 bits per heavy atom. The van der Waals surface area contributed by atoms with Gasteiger partial charge in [-0.2, -0.15) is 0 Å². The molecule has 2 rings (SSSR count). The van der Waals surface area contributed by atoms with Crippen molar-refractivity contribution in [2.75, 3.05) is 18.1 Å². The molecule has 1 aromatic heterocycles. The van der Waals surface area contributed by atoms with Crippen LogP contribution in [0.25, 0.3) is 0 Å². The van der Waals surface area contributed by atoms with Gasteiger partial charge >= 0.3 is 0 Å². The van der Waals surface area contributed by atoms with Gasteiger partial charge in [-0.3, -0.25) is 4.79 Å². The molecule has 0 spiro atoms. The van der Waals surface area contributed by atoms with E-state index in [0.29, 0.717) is 23.3 Å². The van der Waals surface area contributed by atoms with Crippen LogP contribution >= 0.6 is 11.3 Å². The number of hydrogen-bond acceptors (Lipinski definition) is 5. The Kier molecular flexibility index (Phi) is 4.81. The normalized spacial score (nSPS) is 18.1. The molecule has 0 unspecified atom stereocenters. The number of carbonyl (C=O) groups excluding carboxylic acids is 1. The van der Waals surface area contributed by atoms with E-state index >= 15 is 0 Å². The maximum Gasteiger partial charge on any atom is 0.262 e. The first-order valence-electron chi connectivity index (χ1n) is 6.29. The fraction of sp³-hybridized carbons (Fsp3) is 0.462. The molecule has 0 saturated carbocycles. The Balaban J connectivity index is 2.01. The van der Waals surface area contributed by atoms with Crippen molar-refractivity contribution >= 4 is 27.1 Å². The SMILES string of the molecule is NCC#Cc1ccsc1C(=O)NC1CCS(=O)(=O)CC1. The van der Waals surface area contributed by atoms with Gasteiger partial charge in [0.15, 0.2) is 0 Å². The molecule has 1 fully saturated rings. The molecule has 1 aromatic rings. The monoisotopic (exact) mass is 312 g/mol. The van der Waals surface area contributed by atoms with Gasteiger partial charge in [0, 0.05) is 11.6 Å². The average molecular weight is 312 g/mol. The van der Waals surface area contributed by atoms with Gasteiger partial charge in [-0.1, -0.05) is 11.8 Å². The van der Waals surface area contributed by atoms with Gasteiger partial charge in [-0.25, -0.2) is 8.42 Å². The van der Waals surface area contributed by atoms with Crippen LogP contribution in [0.15, 0.2) is 11.4 Å². The number of thiophene rings is 1. The van der Waals surface area contributed by atoms with Crippen LogP contribution in [0.5, 0.6) is 0 Å². The highest BCUT2D eigenvalue weighted by Gasteiger charge is 2.25. The zero-order valence-electron chi connectivity index (χ0n) is 10.9. The lowest BCUT2D eigenvalue weighted by Gasteiger charge is -2.22. The summed E-state index contributed by atoms with van der Waals surface area (Å²) in [5, 5.41) is 4.69. The maximum absolute atomic E-state index is 12.2. The predicted molar refractivity (Wildman–Crippen MR) is 79.4 cm³/mol. The van der Waals surface area contributed by atoms with Gasteiger partial charge in [0.05, 0.1) is 18.1 Å². The second-order valence-electron chi connectivity index (χ2n) is 4.57. The fourth-order valence-electron chi connectivity index (χ4n) is 2.02. The zero-order chi connectivity index (χ0) is 14.6. The molecule has 20 heavy (non-hydrogen) atoms. The van der Waals surface area contributed by atoms with Gasteiger partial charge in [-0.05, 0) is 24.3 Å². The number of hydrogen-bond donors (Lipinski definition) is 2. The van der Waals surface area contributed by atoms with Gasteiger partial charge in [0.1, 0.15) is 14.7 Å². The minimum atomic E-state index is -2.91. The van der Waals surface area contributed by atoms with Crippen LogP contribution < -0.4 is 11.1 Å². The largest absolute Gasteiger partial charge is 0.349 e. The summed E-state index contributed by atoms with van der Waals surface area (Å²) >= 11 is 1.32. The van der Waals surface area contributed by atoms with E-state index in [1.807, 2.05) is 0 Å². The Bertz CT molecular complexity index is 639. The Morgan fingerprint density at radius 2 is 2.15 bits per heavy atom. The van der Waals surface area contributed by atoms with Crippen LogP contribution in [0.4, 0.5) is 0 Å². The molecule has 108 valence electrons. The van der Waals surface area contributed by atoms with E-state index in [0.717, 1.165) is 0 Å². The molecule has 1 amide bonds. The van der Waals surface area contributed by atoms with E-state index < -0.39 is 9.84 Å². The first kappa shape index (κ1) is 15.0. The second-order valence-corrected chi connectivity index (χ2v) is 7.79. The topological polar surface area (TPSA) is 89.3 Å². The van der Waals surface area contributed by atoms with Gasteiger partial charge < -0.3 is 11.1 Å². The summed E-state index contributed by atoms with van der Waals surface area (Å²) in [5.74, 6) is 5.68. The molecule has 1 aliphatic heterocycles. The summed E-state index contributed by atoms with van der Waals surface area (Å²) in [6.07, 6.45) is 0.951. The van der Waals surface area contributed by atoms with E-state index in [4.69, 9.17) is 5.73 Å². The third-order valence-corrected chi connectivity index (χ3v) is 5.72. The quantitative estimate of drug-likeness (QED) is 0.772. The first-order valence-corrected chi connectivity index (χ1v) is 8.99. The smallest absolute Gasteiger partial charge is 0.262 e. The molecular weight excluding hydrogens is 296 g/mol. The van der Waals surface area contributed by atoms with Crippen LogP contribution in [0.2, 0.25) is 0 Å². The first-order chi connectivity index (χ1) is 9.52. The van der Waals surface area contributed by atoms with E-state index in [1.165, 1.54) is 11.3 Å². The molecule has 0 aliphatic carbocycles. The number of amides is 1. The van der Waals surface area contributed by atoms with Crippen molar-refractivity contribution in [2.24, 2.45) is 5.73 Å². The summed E-state index contributed by atoms with van der Waals surface area (Å²) in [6, 6.07) is 1.71. The molecule has 0 radical (unpaired) electrons. The number of rotatable bonds is 2. The molecule has 0 aromatic carbocycles. The predicted octanol–water partition coefficient (Wildman–Crippen LogP) is 0.365. The average Bonchev–Trinajstić information content (AvgIpc) is 2.87. The third kappa shape index (κ3) is 3.82.